The number of amides is 1. The standard InChI is InChI=1S/C20H33N3O2/c1-3-4-5-6-9-17(2)21-20(25)16-22-12-14-23(15-13-22)18-10-7-8-11-19(18)24/h7-8,10-11,17,24H,3-6,9,12-16H2,1-2H3,(H,21,25)/t17-/m1/s1. The second-order valence-electron chi connectivity index (χ2n) is 7.07. The summed E-state index contributed by atoms with van der Waals surface area (Å²) in [6, 6.07) is 7.70. The topological polar surface area (TPSA) is 55.8 Å². The molecule has 0 unspecified atom stereocenters. The van der Waals surface area contributed by atoms with E-state index in [9.17, 15) is 9.90 Å². The maximum absolute atomic E-state index is 12.2. The van der Waals surface area contributed by atoms with E-state index in [1.807, 2.05) is 18.2 Å². The third kappa shape index (κ3) is 6.58. The van der Waals surface area contributed by atoms with Gasteiger partial charge in [-0.25, -0.2) is 0 Å². The van der Waals surface area contributed by atoms with Crippen molar-refractivity contribution in [1.82, 2.24) is 10.2 Å². The molecule has 1 heterocycles. The highest BCUT2D eigenvalue weighted by molar-refractivity contribution is 5.78. The molecule has 1 aromatic rings. The van der Waals surface area contributed by atoms with Crippen LogP contribution < -0.4 is 10.2 Å². The molecule has 0 saturated carbocycles. The average Bonchev–Trinajstić information content (AvgIpc) is 2.60. The van der Waals surface area contributed by atoms with E-state index < -0.39 is 0 Å². The van der Waals surface area contributed by atoms with Crippen molar-refractivity contribution in [2.75, 3.05) is 37.6 Å². The summed E-state index contributed by atoms with van der Waals surface area (Å²) in [5.74, 6) is 0.449. The number of anilines is 1. The Morgan fingerprint density at radius 1 is 1.16 bits per heavy atom. The molecule has 25 heavy (non-hydrogen) atoms. The van der Waals surface area contributed by atoms with Crippen molar-refractivity contribution < 1.29 is 9.90 Å². The first-order chi connectivity index (χ1) is 12.1. The SMILES string of the molecule is CCCCCC[C@@H](C)NC(=O)CN1CCN(c2ccccc2O)CC1. The molecule has 2 rings (SSSR count). The summed E-state index contributed by atoms with van der Waals surface area (Å²) < 4.78 is 0. The summed E-state index contributed by atoms with van der Waals surface area (Å²) in [4.78, 5) is 16.6. The summed E-state index contributed by atoms with van der Waals surface area (Å²) in [6.07, 6.45) is 6.03. The first kappa shape index (κ1) is 19.6. The van der Waals surface area contributed by atoms with Crippen LogP contribution in [0.2, 0.25) is 0 Å². The Bertz CT molecular complexity index is 527. The fraction of sp³-hybridized carbons (Fsp3) is 0.650. The highest BCUT2D eigenvalue weighted by Crippen LogP contribution is 2.27. The van der Waals surface area contributed by atoms with E-state index in [0.717, 1.165) is 38.3 Å². The van der Waals surface area contributed by atoms with Gasteiger partial charge in [-0.3, -0.25) is 9.69 Å². The molecule has 0 aromatic heterocycles. The Labute approximate surface area is 152 Å². The number of nitrogens with one attached hydrogen (secondary N) is 1. The van der Waals surface area contributed by atoms with Crippen molar-refractivity contribution in [2.24, 2.45) is 0 Å². The maximum atomic E-state index is 12.2. The van der Waals surface area contributed by atoms with Gasteiger partial charge in [-0.15, -0.1) is 0 Å². The molecule has 0 bridgehead atoms. The van der Waals surface area contributed by atoms with Gasteiger partial charge in [-0.05, 0) is 25.5 Å². The number of piperazine rings is 1. The van der Waals surface area contributed by atoms with Crippen molar-refractivity contribution in [2.45, 2.75) is 52.0 Å². The Kier molecular flexibility index (Phi) is 8.06. The lowest BCUT2D eigenvalue weighted by Gasteiger charge is -2.36. The molecule has 2 N–H and O–H groups in total. The third-order valence-corrected chi connectivity index (χ3v) is 4.86. The van der Waals surface area contributed by atoms with Gasteiger partial charge in [-0.2, -0.15) is 0 Å². The van der Waals surface area contributed by atoms with Gasteiger partial charge in [0.15, 0.2) is 0 Å². The minimum Gasteiger partial charge on any atom is -0.506 e. The largest absolute Gasteiger partial charge is 0.506 e. The number of benzene rings is 1. The fourth-order valence-electron chi connectivity index (χ4n) is 3.35. The first-order valence-electron chi connectivity index (χ1n) is 9.64. The molecule has 0 radical (unpaired) electrons. The number of nitrogens with zero attached hydrogens (tertiary/aromatic N) is 2. The van der Waals surface area contributed by atoms with E-state index in [1.54, 1.807) is 6.07 Å². The smallest absolute Gasteiger partial charge is 0.234 e. The number of rotatable bonds is 9. The van der Waals surface area contributed by atoms with Crippen LogP contribution in [0.5, 0.6) is 5.75 Å². The van der Waals surface area contributed by atoms with Crippen LogP contribution in [0.15, 0.2) is 24.3 Å². The van der Waals surface area contributed by atoms with Gasteiger partial charge < -0.3 is 15.3 Å². The van der Waals surface area contributed by atoms with Crippen LogP contribution in [0, 0.1) is 0 Å². The lowest BCUT2D eigenvalue weighted by atomic mass is 10.1. The minimum atomic E-state index is 0.124. The van der Waals surface area contributed by atoms with Crippen molar-refractivity contribution in [3.63, 3.8) is 0 Å². The second-order valence-corrected chi connectivity index (χ2v) is 7.07. The number of hydrogen-bond donors (Lipinski definition) is 2. The number of hydrogen-bond acceptors (Lipinski definition) is 4. The Morgan fingerprint density at radius 2 is 1.88 bits per heavy atom. The zero-order valence-corrected chi connectivity index (χ0v) is 15.7. The summed E-state index contributed by atoms with van der Waals surface area (Å²) in [5, 5.41) is 13.1. The van der Waals surface area contributed by atoms with Crippen LogP contribution in [-0.2, 0) is 4.79 Å². The second kappa shape index (κ2) is 10.3. The summed E-state index contributed by atoms with van der Waals surface area (Å²) >= 11 is 0. The van der Waals surface area contributed by atoms with Crippen LogP contribution in [-0.4, -0.2) is 54.7 Å². The number of phenolic OH excluding ortho intramolecular Hbond substituents is 1. The van der Waals surface area contributed by atoms with E-state index in [2.05, 4.69) is 29.0 Å². The normalized spacial score (nSPS) is 16.6. The number of unbranched alkanes of at least 4 members (excludes halogenated alkanes) is 3. The summed E-state index contributed by atoms with van der Waals surface area (Å²) in [6.45, 7) is 8.12. The number of phenols is 1. The number of carbonyl (C=O) groups is 1. The molecule has 1 aliphatic rings. The van der Waals surface area contributed by atoms with Crippen LogP contribution >= 0.6 is 0 Å². The zero-order valence-electron chi connectivity index (χ0n) is 15.7. The maximum Gasteiger partial charge on any atom is 0.234 e. The van der Waals surface area contributed by atoms with Gasteiger partial charge in [0.25, 0.3) is 0 Å². The number of carbonyl (C=O) groups excluding carboxylic acids is 1. The molecule has 140 valence electrons. The zero-order chi connectivity index (χ0) is 18.1. The Balaban J connectivity index is 1.67. The predicted octanol–water partition coefficient (Wildman–Crippen LogP) is 2.99. The fourth-order valence-corrected chi connectivity index (χ4v) is 3.35. The molecule has 0 spiro atoms. The molecule has 0 aliphatic carbocycles. The molecule has 1 atom stereocenters. The van der Waals surface area contributed by atoms with Gasteiger partial charge >= 0.3 is 0 Å². The van der Waals surface area contributed by atoms with E-state index in [-0.39, 0.29) is 11.9 Å². The molecule has 1 aliphatic heterocycles. The van der Waals surface area contributed by atoms with Crippen LogP contribution in [0.1, 0.15) is 46.0 Å². The lowest BCUT2D eigenvalue weighted by molar-refractivity contribution is -0.123. The highest BCUT2D eigenvalue weighted by Gasteiger charge is 2.21. The molecular weight excluding hydrogens is 314 g/mol. The summed E-state index contributed by atoms with van der Waals surface area (Å²) in [7, 11) is 0. The molecule has 1 aromatic carbocycles. The van der Waals surface area contributed by atoms with Crippen LogP contribution in [0.4, 0.5) is 5.69 Å². The molecular formula is C20H33N3O2. The molecule has 1 amide bonds. The summed E-state index contributed by atoms with van der Waals surface area (Å²) in [5.41, 5.74) is 0.882. The monoisotopic (exact) mass is 347 g/mol. The van der Waals surface area contributed by atoms with E-state index >= 15 is 0 Å². The van der Waals surface area contributed by atoms with Crippen LogP contribution in [0.25, 0.3) is 0 Å². The van der Waals surface area contributed by atoms with Crippen molar-refractivity contribution >= 4 is 11.6 Å². The van der Waals surface area contributed by atoms with E-state index in [1.165, 1.54) is 25.7 Å². The molecule has 5 nitrogen and oxygen atoms in total. The third-order valence-electron chi connectivity index (χ3n) is 4.86. The quantitative estimate of drug-likeness (QED) is 0.674. The Hall–Kier alpha value is -1.75. The van der Waals surface area contributed by atoms with Crippen molar-refractivity contribution in [3.8, 4) is 5.75 Å². The van der Waals surface area contributed by atoms with Gasteiger partial charge in [0.2, 0.25) is 5.91 Å². The highest BCUT2D eigenvalue weighted by atomic mass is 16.3. The van der Waals surface area contributed by atoms with Crippen molar-refractivity contribution in [1.29, 1.82) is 0 Å². The van der Waals surface area contributed by atoms with Gasteiger partial charge in [-0.1, -0.05) is 44.7 Å². The average molecular weight is 348 g/mol. The first-order valence-corrected chi connectivity index (χ1v) is 9.64. The van der Waals surface area contributed by atoms with Gasteiger partial charge in [0.05, 0.1) is 12.2 Å². The predicted molar refractivity (Wildman–Crippen MR) is 103 cm³/mol. The van der Waals surface area contributed by atoms with Gasteiger partial charge in [0.1, 0.15) is 5.75 Å². The Morgan fingerprint density at radius 3 is 2.56 bits per heavy atom. The number of para-hydroxylation sites is 2. The molecule has 1 fully saturated rings. The molecule has 5 heteroatoms. The number of aromatic hydroxyl groups is 1. The lowest BCUT2D eigenvalue weighted by Crippen LogP contribution is -2.50. The van der Waals surface area contributed by atoms with Gasteiger partial charge in [0, 0.05) is 32.2 Å². The van der Waals surface area contributed by atoms with Crippen LogP contribution in [0.3, 0.4) is 0 Å². The molecule has 1 saturated heterocycles. The van der Waals surface area contributed by atoms with Crippen molar-refractivity contribution in [3.05, 3.63) is 24.3 Å². The minimum absolute atomic E-state index is 0.124. The van der Waals surface area contributed by atoms with E-state index in [4.69, 9.17) is 0 Å². The van der Waals surface area contributed by atoms with E-state index in [0.29, 0.717) is 12.3 Å².